The van der Waals surface area contributed by atoms with Crippen LogP contribution in [-0.4, -0.2) is 13.6 Å². The molecule has 0 saturated carbocycles. The number of nitrogens with zero attached hydrogens (tertiary/aromatic N) is 1. The van der Waals surface area contributed by atoms with Crippen LogP contribution in [-0.2, 0) is 10.0 Å². The lowest BCUT2D eigenvalue weighted by atomic mass is 10.0. The number of hydrogen-bond donors (Lipinski definition) is 1. The first-order valence-corrected chi connectivity index (χ1v) is 11.1. The molecule has 0 aliphatic heterocycles. The molecule has 4 aromatic rings. The molecule has 5 nitrogen and oxygen atoms in total. The molecule has 0 fully saturated rings. The molecular weight excluding hydrogens is 420 g/mol. The highest BCUT2D eigenvalue weighted by molar-refractivity contribution is 7.92. The Morgan fingerprint density at radius 3 is 2.27 bits per heavy atom. The van der Waals surface area contributed by atoms with Crippen molar-refractivity contribution in [2.75, 3.05) is 4.72 Å². The first-order valence-electron chi connectivity index (χ1n) is 9.27. The van der Waals surface area contributed by atoms with Crippen molar-refractivity contribution in [2.24, 2.45) is 0 Å². The molecular formula is C23H19ClN2O3S. The van der Waals surface area contributed by atoms with Crippen LogP contribution in [0.5, 0.6) is 0 Å². The molecule has 0 aliphatic rings. The van der Waals surface area contributed by atoms with Crippen molar-refractivity contribution in [3.05, 3.63) is 88.9 Å². The van der Waals surface area contributed by atoms with Gasteiger partial charge in [-0.1, -0.05) is 76.9 Å². The van der Waals surface area contributed by atoms with E-state index >= 15 is 0 Å². The Balaban J connectivity index is 1.90. The number of halogens is 1. The predicted molar refractivity (Wildman–Crippen MR) is 119 cm³/mol. The van der Waals surface area contributed by atoms with Gasteiger partial charge in [-0.2, -0.15) is 0 Å². The molecule has 0 saturated heterocycles. The SMILES string of the molecule is Cc1ccc(S(=O)(=O)Nc2c(-c3c(C)cccc3Cl)noc2-c2ccccc2)cc1. The topological polar surface area (TPSA) is 72.2 Å². The molecule has 0 bridgehead atoms. The Bertz CT molecular complexity index is 1280. The van der Waals surface area contributed by atoms with Crippen LogP contribution in [0.4, 0.5) is 5.69 Å². The maximum Gasteiger partial charge on any atom is 0.262 e. The van der Waals surface area contributed by atoms with Gasteiger partial charge >= 0.3 is 0 Å². The fourth-order valence-corrected chi connectivity index (χ4v) is 4.57. The molecule has 30 heavy (non-hydrogen) atoms. The molecule has 1 aromatic heterocycles. The summed E-state index contributed by atoms with van der Waals surface area (Å²) < 4.78 is 34.6. The van der Waals surface area contributed by atoms with Crippen molar-refractivity contribution in [1.29, 1.82) is 0 Å². The van der Waals surface area contributed by atoms with E-state index in [0.29, 0.717) is 27.6 Å². The van der Waals surface area contributed by atoms with Gasteiger partial charge < -0.3 is 4.52 Å². The molecule has 0 radical (unpaired) electrons. The fourth-order valence-electron chi connectivity index (χ4n) is 3.18. The van der Waals surface area contributed by atoms with Gasteiger partial charge in [0.05, 0.1) is 9.92 Å². The standard InChI is InChI=1S/C23H19ClN2O3S/c1-15-11-13-18(14-12-15)30(27,28)26-22-21(20-16(2)7-6-10-19(20)24)25-29-23(22)17-8-4-3-5-9-17/h3-14,26H,1-2H3. The highest BCUT2D eigenvalue weighted by atomic mass is 35.5. The van der Waals surface area contributed by atoms with Gasteiger partial charge in [-0.05, 0) is 37.6 Å². The average Bonchev–Trinajstić information content (AvgIpc) is 3.11. The van der Waals surface area contributed by atoms with Crippen molar-refractivity contribution < 1.29 is 12.9 Å². The van der Waals surface area contributed by atoms with Crippen LogP contribution in [0.1, 0.15) is 11.1 Å². The van der Waals surface area contributed by atoms with E-state index < -0.39 is 10.0 Å². The van der Waals surface area contributed by atoms with Crippen molar-refractivity contribution in [3.63, 3.8) is 0 Å². The molecule has 0 atom stereocenters. The largest absolute Gasteiger partial charge is 0.353 e. The number of hydrogen-bond acceptors (Lipinski definition) is 4. The van der Waals surface area contributed by atoms with Gasteiger partial charge in [-0.15, -0.1) is 0 Å². The third-order valence-corrected chi connectivity index (χ3v) is 6.44. The lowest BCUT2D eigenvalue weighted by Crippen LogP contribution is -2.14. The number of nitrogens with one attached hydrogen (secondary N) is 1. The van der Waals surface area contributed by atoms with Crippen LogP contribution in [0.2, 0.25) is 5.02 Å². The Hall–Kier alpha value is -3.09. The average molecular weight is 439 g/mol. The lowest BCUT2D eigenvalue weighted by molar-refractivity contribution is 0.435. The maximum absolute atomic E-state index is 13.1. The van der Waals surface area contributed by atoms with Crippen molar-refractivity contribution in [3.8, 4) is 22.6 Å². The molecule has 0 spiro atoms. The summed E-state index contributed by atoms with van der Waals surface area (Å²) in [5, 5.41) is 4.65. The fraction of sp³-hybridized carbons (Fsp3) is 0.0870. The molecule has 1 heterocycles. The summed E-state index contributed by atoms with van der Waals surface area (Å²) in [5.41, 5.74) is 3.72. The van der Waals surface area contributed by atoms with Crippen LogP contribution < -0.4 is 4.72 Å². The first kappa shape index (κ1) is 20.2. The number of rotatable bonds is 5. The normalized spacial score (nSPS) is 11.4. The summed E-state index contributed by atoms with van der Waals surface area (Å²) in [6.07, 6.45) is 0. The van der Waals surface area contributed by atoms with Gasteiger partial charge in [-0.3, -0.25) is 4.72 Å². The number of sulfonamides is 1. The summed E-state index contributed by atoms with van der Waals surface area (Å²) >= 11 is 6.44. The molecule has 1 N–H and O–H groups in total. The maximum atomic E-state index is 13.1. The lowest BCUT2D eigenvalue weighted by Gasteiger charge is -2.12. The number of anilines is 1. The highest BCUT2D eigenvalue weighted by Crippen LogP contribution is 2.41. The monoisotopic (exact) mass is 438 g/mol. The molecule has 3 aromatic carbocycles. The number of aromatic nitrogens is 1. The van der Waals surface area contributed by atoms with Gasteiger partial charge in [0.1, 0.15) is 11.4 Å². The van der Waals surface area contributed by atoms with Crippen LogP contribution in [0, 0.1) is 13.8 Å². The first-order chi connectivity index (χ1) is 14.4. The zero-order valence-corrected chi connectivity index (χ0v) is 18.0. The minimum absolute atomic E-state index is 0.148. The molecule has 0 amide bonds. The Kier molecular flexibility index (Phi) is 5.37. The Labute approximate surface area is 180 Å². The Morgan fingerprint density at radius 2 is 1.60 bits per heavy atom. The van der Waals surface area contributed by atoms with Crippen molar-refractivity contribution in [2.45, 2.75) is 18.7 Å². The van der Waals surface area contributed by atoms with Crippen LogP contribution in [0.15, 0.2) is 82.2 Å². The van der Waals surface area contributed by atoms with Gasteiger partial charge in [0.2, 0.25) is 0 Å². The third kappa shape index (κ3) is 3.84. The van der Waals surface area contributed by atoms with Crippen molar-refractivity contribution >= 4 is 27.3 Å². The zero-order valence-electron chi connectivity index (χ0n) is 16.4. The molecule has 152 valence electrons. The molecule has 4 rings (SSSR count). The number of aryl methyl sites for hydroxylation is 2. The van der Waals surface area contributed by atoms with Crippen LogP contribution in [0.25, 0.3) is 22.6 Å². The van der Waals surface area contributed by atoms with Gasteiger partial charge in [-0.25, -0.2) is 8.42 Å². The number of benzene rings is 3. The molecule has 0 unspecified atom stereocenters. The van der Waals surface area contributed by atoms with E-state index in [1.54, 1.807) is 30.3 Å². The van der Waals surface area contributed by atoms with Gasteiger partial charge in [0.15, 0.2) is 5.76 Å². The van der Waals surface area contributed by atoms with Crippen LogP contribution in [0.3, 0.4) is 0 Å². The summed E-state index contributed by atoms with van der Waals surface area (Å²) in [4.78, 5) is 0.148. The Morgan fingerprint density at radius 1 is 0.900 bits per heavy atom. The third-order valence-electron chi connectivity index (χ3n) is 4.75. The predicted octanol–water partition coefficient (Wildman–Crippen LogP) is 6.08. The highest BCUT2D eigenvalue weighted by Gasteiger charge is 2.26. The summed E-state index contributed by atoms with van der Waals surface area (Å²) in [6.45, 7) is 3.78. The van der Waals surface area contributed by atoms with E-state index in [-0.39, 0.29) is 10.6 Å². The van der Waals surface area contributed by atoms with Gasteiger partial charge in [0, 0.05) is 11.1 Å². The van der Waals surface area contributed by atoms with E-state index in [4.69, 9.17) is 16.1 Å². The molecule has 0 aliphatic carbocycles. The second-order valence-corrected chi connectivity index (χ2v) is 9.04. The summed E-state index contributed by atoms with van der Waals surface area (Å²) in [7, 11) is -3.88. The second-order valence-electron chi connectivity index (χ2n) is 6.95. The molecule has 7 heteroatoms. The van der Waals surface area contributed by atoms with E-state index in [0.717, 1.165) is 11.1 Å². The van der Waals surface area contributed by atoms with Gasteiger partial charge in [0.25, 0.3) is 10.0 Å². The minimum Gasteiger partial charge on any atom is -0.353 e. The van der Waals surface area contributed by atoms with E-state index in [1.165, 1.54) is 0 Å². The van der Waals surface area contributed by atoms with Crippen LogP contribution >= 0.6 is 11.6 Å². The quantitative estimate of drug-likeness (QED) is 0.409. The van der Waals surface area contributed by atoms with E-state index in [2.05, 4.69) is 9.88 Å². The minimum atomic E-state index is -3.88. The zero-order chi connectivity index (χ0) is 21.3. The summed E-state index contributed by atoms with van der Waals surface area (Å²) in [5.74, 6) is 0.320. The summed E-state index contributed by atoms with van der Waals surface area (Å²) in [6, 6.07) is 21.3. The van der Waals surface area contributed by atoms with E-state index in [9.17, 15) is 8.42 Å². The smallest absolute Gasteiger partial charge is 0.262 e. The van der Waals surface area contributed by atoms with E-state index in [1.807, 2.05) is 56.3 Å². The second kappa shape index (κ2) is 7.97. The van der Waals surface area contributed by atoms with Crippen molar-refractivity contribution in [1.82, 2.24) is 5.16 Å².